The third kappa shape index (κ3) is 2.14. The van der Waals surface area contributed by atoms with Crippen molar-refractivity contribution in [1.82, 2.24) is 19.4 Å². The standard InChI is InChI=1S/C14H14N4O/c1-10-3-5-11(6-4-10)7-12-13-15-8-16-14(19-2)18(13)9-17-12/h3-6,8-9H,7H2,1-2H3. The molecule has 0 aliphatic heterocycles. The van der Waals surface area contributed by atoms with Gasteiger partial charge in [0.05, 0.1) is 12.8 Å². The summed E-state index contributed by atoms with van der Waals surface area (Å²) in [6.45, 7) is 2.08. The van der Waals surface area contributed by atoms with Crippen LogP contribution in [0.4, 0.5) is 0 Å². The van der Waals surface area contributed by atoms with E-state index in [1.165, 1.54) is 17.5 Å². The number of hydrogen-bond acceptors (Lipinski definition) is 4. The summed E-state index contributed by atoms with van der Waals surface area (Å²) >= 11 is 0. The van der Waals surface area contributed by atoms with Gasteiger partial charge < -0.3 is 4.74 Å². The summed E-state index contributed by atoms with van der Waals surface area (Å²) in [5.41, 5.74) is 4.17. The molecule has 5 nitrogen and oxygen atoms in total. The molecule has 0 unspecified atom stereocenters. The Balaban J connectivity index is 1.99. The number of imidazole rings is 1. The van der Waals surface area contributed by atoms with Crippen LogP contribution in [0, 0.1) is 6.92 Å². The van der Waals surface area contributed by atoms with E-state index in [1.54, 1.807) is 17.8 Å². The van der Waals surface area contributed by atoms with Gasteiger partial charge in [-0.25, -0.2) is 14.4 Å². The fraction of sp³-hybridized carbons (Fsp3) is 0.214. The summed E-state index contributed by atoms with van der Waals surface area (Å²) in [6, 6.07) is 8.91. The summed E-state index contributed by atoms with van der Waals surface area (Å²) in [6.07, 6.45) is 3.93. The van der Waals surface area contributed by atoms with Gasteiger partial charge in [-0.2, -0.15) is 4.98 Å². The zero-order valence-electron chi connectivity index (χ0n) is 10.9. The summed E-state index contributed by atoms with van der Waals surface area (Å²) < 4.78 is 6.93. The van der Waals surface area contributed by atoms with E-state index in [9.17, 15) is 0 Å². The first kappa shape index (κ1) is 11.6. The van der Waals surface area contributed by atoms with Crippen molar-refractivity contribution in [1.29, 1.82) is 0 Å². The second-order valence-electron chi connectivity index (χ2n) is 4.41. The molecule has 2 aromatic heterocycles. The van der Waals surface area contributed by atoms with E-state index >= 15 is 0 Å². The molecule has 0 amide bonds. The number of nitrogens with zero attached hydrogens (tertiary/aromatic N) is 4. The van der Waals surface area contributed by atoms with Gasteiger partial charge in [-0.3, -0.25) is 0 Å². The number of aryl methyl sites for hydroxylation is 1. The minimum absolute atomic E-state index is 0.493. The summed E-state index contributed by atoms with van der Waals surface area (Å²) in [7, 11) is 1.58. The lowest BCUT2D eigenvalue weighted by atomic mass is 10.1. The molecule has 0 aliphatic rings. The highest BCUT2D eigenvalue weighted by Gasteiger charge is 2.10. The Bertz CT molecular complexity index is 703. The van der Waals surface area contributed by atoms with Crippen LogP contribution >= 0.6 is 0 Å². The van der Waals surface area contributed by atoms with Gasteiger partial charge >= 0.3 is 6.01 Å². The van der Waals surface area contributed by atoms with Crippen molar-refractivity contribution >= 4 is 5.65 Å². The lowest BCUT2D eigenvalue weighted by Crippen LogP contribution is -1.98. The molecule has 3 aromatic rings. The lowest BCUT2D eigenvalue weighted by Gasteiger charge is -2.02. The minimum atomic E-state index is 0.493. The van der Waals surface area contributed by atoms with Crippen LogP contribution in [0.2, 0.25) is 0 Å². The van der Waals surface area contributed by atoms with Gasteiger partial charge in [-0.1, -0.05) is 29.8 Å². The molecule has 0 radical (unpaired) electrons. The normalized spacial score (nSPS) is 10.8. The Labute approximate surface area is 110 Å². The first-order valence-corrected chi connectivity index (χ1v) is 6.04. The van der Waals surface area contributed by atoms with Gasteiger partial charge in [0.1, 0.15) is 12.7 Å². The highest BCUT2D eigenvalue weighted by Crippen LogP contribution is 2.16. The predicted molar refractivity (Wildman–Crippen MR) is 71.3 cm³/mol. The molecule has 0 fully saturated rings. The van der Waals surface area contributed by atoms with Gasteiger partial charge in [0.15, 0.2) is 5.65 Å². The van der Waals surface area contributed by atoms with E-state index in [1.807, 2.05) is 0 Å². The van der Waals surface area contributed by atoms with E-state index in [2.05, 4.69) is 46.1 Å². The molecule has 1 aromatic carbocycles. The van der Waals surface area contributed by atoms with Crippen molar-refractivity contribution in [3.8, 4) is 6.01 Å². The molecule has 96 valence electrons. The average molecular weight is 254 g/mol. The molecule has 0 saturated heterocycles. The third-order valence-corrected chi connectivity index (χ3v) is 3.04. The van der Waals surface area contributed by atoms with Crippen LogP contribution in [0.1, 0.15) is 16.8 Å². The van der Waals surface area contributed by atoms with E-state index in [0.717, 1.165) is 17.8 Å². The predicted octanol–water partition coefficient (Wildman–Crippen LogP) is 2.03. The summed E-state index contributed by atoms with van der Waals surface area (Å²) in [5, 5.41) is 0. The van der Waals surface area contributed by atoms with Crippen molar-refractivity contribution in [3.63, 3.8) is 0 Å². The van der Waals surface area contributed by atoms with Gasteiger partial charge in [0, 0.05) is 6.42 Å². The van der Waals surface area contributed by atoms with Gasteiger partial charge in [-0.15, -0.1) is 0 Å². The minimum Gasteiger partial charge on any atom is -0.468 e. The van der Waals surface area contributed by atoms with E-state index in [-0.39, 0.29) is 0 Å². The summed E-state index contributed by atoms with van der Waals surface area (Å²) in [4.78, 5) is 12.7. The molecule has 0 aliphatic carbocycles. The lowest BCUT2D eigenvalue weighted by molar-refractivity contribution is 0.372. The number of hydrogen-bond donors (Lipinski definition) is 0. The van der Waals surface area contributed by atoms with Crippen LogP contribution in [-0.4, -0.2) is 26.5 Å². The largest absolute Gasteiger partial charge is 0.468 e. The quantitative estimate of drug-likeness (QED) is 0.717. The summed E-state index contributed by atoms with van der Waals surface area (Å²) in [5.74, 6) is 0. The van der Waals surface area contributed by atoms with Crippen LogP contribution in [0.5, 0.6) is 6.01 Å². The monoisotopic (exact) mass is 254 g/mol. The Morgan fingerprint density at radius 1 is 1.11 bits per heavy atom. The molecular weight excluding hydrogens is 240 g/mol. The molecule has 19 heavy (non-hydrogen) atoms. The Kier molecular flexibility index (Phi) is 2.87. The highest BCUT2D eigenvalue weighted by molar-refractivity contribution is 5.47. The van der Waals surface area contributed by atoms with E-state index in [4.69, 9.17) is 4.74 Å². The van der Waals surface area contributed by atoms with Crippen LogP contribution in [0.15, 0.2) is 36.9 Å². The molecule has 5 heteroatoms. The second-order valence-corrected chi connectivity index (χ2v) is 4.41. The van der Waals surface area contributed by atoms with Crippen LogP contribution in [0.3, 0.4) is 0 Å². The number of ether oxygens (including phenoxy) is 1. The van der Waals surface area contributed by atoms with Crippen LogP contribution in [0.25, 0.3) is 5.65 Å². The van der Waals surface area contributed by atoms with Crippen molar-refractivity contribution in [3.05, 3.63) is 53.7 Å². The molecule has 0 N–H and O–H groups in total. The molecule has 0 atom stereocenters. The smallest absolute Gasteiger partial charge is 0.304 e. The number of fused-ring (bicyclic) bond motifs is 1. The molecule has 3 rings (SSSR count). The Morgan fingerprint density at radius 3 is 2.63 bits per heavy atom. The first-order valence-electron chi connectivity index (χ1n) is 6.04. The fourth-order valence-electron chi connectivity index (χ4n) is 2.03. The first-order chi connectivity index (χ1) is 9.28. The van der Waals surface area contributed by atoms with Gasteiger partial charge in [-0.05, 0) is 12.5 Å². The topological polar surface area (TPSA) is 52.3 Å². The maximum atomic E-state index is 5.18. The van der Waals surface area contributed by atoms with Crippen molar-refractivity contribution < 1.29 is 4.74 Å². The van der Waals surface area contributed by atoms with Crippen LogP contribution in [-0.2, 0) is 6.42 Å². The highest BCUT2D eigenvalue weighted by atomic mass is 16.5. The zero-order valence-corrected chi connectivity index (χ0v) is 10.9. The number of benzene rings is 1. The Hall–Kier alpha value is -2.43. The molecular formula is C14H14N4O. The molecule has 0 bridgehead atoms. The van der Waals surface area contributed by atoms with E-state index in [0.29, 0.717) is 6.01 Å². The second kappa shape index (κ2) is 4.68. The van der Waals surface area contributed by atoms with Crippen molar-refractivity contribution in [2.75, 3.05) is 7.11 Å². The van der Waals surface area contributed by atoms with Gasteiger partial charge in [0.25, 0.3) is 0 Å². The zero-order chi connectivity index (χ0) is 13.2. The van der Waals surface area contributed by atoms with Crippen LogP contribution < -0.4 is 4.74 Å². The maximum Gasteiger partial charge on any atom is 0.304 e. The number of methoxy groups -OCH3 is 1. The maximum absolute atomic E-state index is 5.18. The molecule has 0 spiro atoms. The number of rotatable bonds is 3. The average Bonchev–Trinajstić information content (AvgIpc) is 2.84. The Morgan fingerprint density at radius 2 is 1.89 bits per heavy atom. The van der Waals surface area contributed by atoms with Crippen molar-refractivity contribution in [2.45, 2.75) is 13.3 Å². The van der Waals surface area contributed by atoms with Gasteiger partial charge in [0.2, 0.25) is 0 Å². The van der Waals surface area contributed by atoms with Crippen molar-refractivity contribution in [2.24, 2.45) is 0 Å². The van der Waals surface area contributed by atoms with E-state index < -0.39 is 0 Å². The number of aromatic nitrogens is 4. The SMILES string of the molecule is COc1ncnc2c(Cc3ccc(C)cc3)ncn12. The molecule has 2 heterocycles. The third-order valence-electron chi connectivity index (χ3n) is 3.04. The fourth-order valence-corrected chi connectivity index (χ4v) is 2.03. The molecule has 0 saturated carbocycles.